The summed E-state index contributed by atoms with van der Waals surface area (Å²) >= 11 is 3.20. The first-order chi connectivity index (χ1) is 7.15. The van der Waals surface area contributed by atoms with E-state index in [2.05, 4.69) is 26.3 Å². The topological polar surface area (TPSA) is 50.9 Å². The minimum absolute atomic E-state index is 0.315. The predicted molar refractivity (Wildman–Crippen MR) is 61.9 cm³/mol. The standard InChI is InChI=1S/C10H9BrFN3/c1-5-4-6(12)9(11)8-7(15-13)2-3-14-10(5)8/h2-4H,13H2,1H3,(H,14,15). The van der Waals surface area contributed by atoms with Crippen molar-refractivity contribution in [3.8, 4) is 0 Å². The van der Waals surface area contributed by atoms with Crippen molar-refractivity contribution in [1.29, 1.82) is 0 Å². The molecule has 2 rings (SSSR count). The second-order valence-corrected chi connectivity index (χ2v) is 4.01. The van der Waals surface area contributed by atoms with E-state index in [1.54, 1.807) is 12.3 Å². The normalized spacial score (nSPS) is 10.7. The second-order valence-electron chi connectivity index (χ2n) is 3.22. The summed E-state index contributed by atoms with van der Waals surface area (Å²) in [6, 6.07) is 3.14. The molecule has 2 aromatic rings. The van der Waals surface area contributed by atoms with Crippen molar-refractivity contribution < 1.29 is 4.39 Å². The molecule has 0 saturated carbocycles. The summed E-state index contributed by atoms with van der Waals surface area (Å²) in [6.07, 6.45) is 1.63. The zero-order valence-corrected chi connectivity index (χ0v) is 9.60. The molecule has 0 bridgehead atoms. The average molecular weight is 270 g/mol. The molecule has 0 aliphatic carbocycles. The van der Waals surface area contributed by atoms with Crippen LogP contribution in [-0.4, -0.2) is 4.98 Å². The van der Waals surface area contributed by atoms with Crippen LogP contribution in [0, 0.1) is 12.7 Å². The molecule has 1 aromatic heterocycles. The van der Waals surface area contributed by atoms with Gasteiger partial charge >= 0.3 is 0 Å². The lowest BCUT2D eigenvalue weighted by Gasteiger charge is -2.09. The van der Waals surface area contributed by atoms with Crippen molar-refractivity contribution in [2.75, 3.05) is 5.43 Å². The minimum atomic E-state index is -0.315. The molecule has 0 amide bonds. The van der Waals surface area contributed by atoms with Gasteiger partial charge in [-0.25, -0.2) is 4.39 Å². The Hall–Kier alpha value is -1.20. The Morgan fingerprint density at radius 3 is 2.93 bits per heavy atom. The van der Waals surface area contributed by atoms with Crippen LogP contribution in [0.2, 0.25) is 0 Å². The summed E-state index contributed by atoms with van der Waals surface area (Å²) in [5.41, 5.74) is 4.69. The van der Waals surface area contributed by atoms with Crippen LogP contribution in [-0.2, 0) is 0 Å². The predicted octanol–water partition coefficient (Wildman–Crippen LogP) is 2.73. The molecule has 0 fully saturated rings. The maximum Gasteiger partial charge on any atom is 0.138 e. The van der Waals surface area contributed by atoms with Crippen molar-refractivity contribution in [2.24, 2.45) is 5.84 Å². The zero-order valence-electron chi connectivity index (χ0n) is 8.01. The second kappa shape index (κ2) is 3.75. The first-order valence-corrected chi connectivity index (χ1v) is 5.14. The van der Waals surface area contributed by atoms with Crippen LogP contribution in [0.4, 0.5) is 10.1 Å². The molecule has 0 aliphatic heterocycles. The minimum Gasteiger partial charge on any atom is -0.323 e. The van der Waals surface area contributed by atoms with Gasteiger partial charge in [0.25, 0.3) is 0 Å². The summed E-state index contributed by atoms with van der Waals surface area (Å²) in [7, 11) is 0. The summed E-state index contributed by atoms with van der Waals surface area (Å²) < 4.78 is 13.9. The lowest BCUT2D eigenvalue weighted by molar-refractivity contribution is 0.622. The smallest absolute Gasteiger partial charge is 0.138 e. The highest BCUT2D eigenvalue weighted by molar-refractivity contribution is 9.10. The SMILES string of the molecule is Cc1cc(F)c(Br)c2c(NN)ccnc12. The molecule has 3 nitrogen and oxygen atoms in total. The van der Waals surface area contributed by atoms with E-state index in [-0.39, 0.29) is 5.82 Å². The van der Waals surface area contributed by atoms with Gasteiger partial charge in [0.05, 0.1) is 15.7 Å². The van der Waals surface area contributed by atoms with Crippen LogP contribution in [0.5, 0.6) is 0 Å². The number of aromatic nitrogens is 1. The highest BCUT2D eigenvalue weighted by Crippen LogP contribution is 2.33. The van der Waals surface area contributed by atoms with E-state index in [0.717, 1.165) is 11.1 Å². The number of aryl methyl sites for hydroxylation is 1. The van der Waals surface area contributed by atoms with Gasteiger partial charge in [-0.2, -0.15) is 0 Å². The molecule has 0 aliphatic rings. The van der Waals surface area contributed by atoms with Crippen LogP contribution in [0.3, 0.4) is 0 Å². The van der Waals surface area contributed by atoms with Crippen LogP contribution < -0.4 is 11.3 Å². The summed E-state index contributed by atoms with van der Waals surface area (Å²) in [4.78, 5) is 4.20. The van der Waals surface area contributed by atoms with Gasteiger partial charge in [-0.05, 0) is 40.5 Å². The number of anilines is 1. The Kier molecular flexibility index (Phi) is 2.58. The Morgan fingerprint density at radius 2 is 2.27 bits per heavy atom. The molecule has 0 atom stereocenters. The Morgan fingerprint density at radius 1 is 1.53 bits per heavy atom. The molecule has 78 valence electrons. The maximum absolute atomic E-state index is 13.5. The fourth-order valence-corrected chi connectivity index (χ4v) is 2.06. The molecule has 3 N–H and O–H groups in total. The van der Waals surface area contributed by atoms with Crippen molar-refractivity contribution >= 4 is 32.5 Å². The molecule has 1 heterocycles. The fourth-order valence-electron chi connectivity index (χ4n) is 1.54. The van der Waals surface area contributed by atoms with E-state index in [0.29, 0.717) is 15.5 Å². The number of rotatable bonds is 1. The summed E-state index contributed by atoms with van der Waals surface area (Å²) in [5, 5.41) is 0.664. The molecule has 15 heavy (non-hydrogen) atoms. The average Bonchev–Trinajstić information content (AvgIpc) is 2.25. The van der Waals surface area contributed by atoms with Crippen molar-refractivity contribution in [3.63, 3.8) is 0 Å². The maximum atomic E-state index is 13.5. The lowest BCUT2D eigenvalue weighted by atomic mass is 10.1. The highest BCUT2D eigenvalue weighted by Gasteiger charge is 2.11. The van der Waals surface area contributed by atoms with E-state index >= 15 is 0 Å². The number of nitrogens with one attached hydrogen (secondary N) is 1. The van der Waals surface area contributed by atoms with Gasteiger partial charge in [0.15, 0.2) is 0 Å². The van der Waals surface area contributed by atoms with Gasteiger partial charge in [-0.3, -0.25) is 10.8 Å². The Bertz CT molecular complexity index is 528. The molecular weight excluding hydrogens is 261 g/mol. The number of hydrogen-bond donors (Lipinski definition) is 2. The Labute approximate surface area is 94.6 Å². The molecule has 0 unspecified atom stereocenters. The molecule has 1 aromatic carbocycles. The van der Waals surface area contributed by atoms with E-state index in [1.165, 1.54) is 6.07 Å². The summed E-state index contributed by atoms with van der Waals surface area (Å²) in [5.74, 6) is 5.05. The number of nitrogens with zero attached hydrogens (tertiary/aromatic N) is 1. The van der Waals surface area contributed by atoms with Crippen LogP contribution in [0.25, 0.3) is 10.9 Å². The van der Waals surface area contributed by atoms with Crippen LogP contribution in [0.1, 0.15) is 5.56 Å². The monoisotopic (exact) mass is 269 g/mol. The lowest BCUT2D eigenvalue weighted by Crippen LogP contribution is -2.08. The van der Waals surface area contributed by atoms with Gasteiger partial charge < -0.3 is 5.43 Å². The number of pyridine rings is 1. The number of benzene rings is 1. The van der Waals surface area contributed by atoms with Crippen LogP contribution >= 0.6 is 15.9 Å². The van der Waals surface area contributed by atoms with E-state index < -0.39 is 0 Å². The quantitative estimate of drug-likeness (QED) is 0.618. The van der Waals surface area contributed by atoms with E-state index in [9.17, 15) is 4.39 Å². The zero-order chi connectivity index (χ0) is 11.0. The number of hydrogen-bond acceptors (Lipinski definition) is 3. The van der Waals surface area contributed by atoms with Crippen molar-refractivity contribution in [2.45, 2.75) is 6.92 Å². The number of nitrogen functional groups attached to an aromatic ring is 1. The largest absolute Gasteiger partial charge is 0.323 e. The van der Waals surface area contributed by atoms with Gasteiger partial charge in [0, 0.05) is 11.6 Å². The highest BCUT2D eigenvalue weighted by atomic mass is 79.9. The molecule has 5 heteroatoms. The van der Waals surface area contributed by atoms with Crippen LogP contribution in [0.15, 0.2) is 22.8 Å². The van der Waals surface area contributed by atoms with Crippen molar-refractivity contribution in [3.05, 3.63) is 34.2 Å². The number of nitrogens with two attached hydrogens (primary N) is 1. The van der Waals surface area contributed by atoms with Gasteiger partial charge in [-0.15, -0.1) is 0 Å². The molecular formula is C10H9BrFN3. The van der Waals surface area contributed by atoms with Gasteiger partial charge in [0.2, 0.25) is 0 Å². The van der Waals surface area contributed by atoms with E-state index in [1.807, 2.05) is 6.92 Å². The molecule has 0 radical (unpaired) electrons. The van der Waals surface area contributed by atoms with Crippen molar-refractivity contribution in [1.82, 2.24) is 4.98 Å². The fraction of sp³-hybridized carbons (Fsp3) is 0.100. The summed E-state index contributed by atoms with van der Waals surface area (Å²) in [6.45, 7) is 1.81. The number of fused-ring (bicyclic) bond motifs is 1. The third kappa shape index (κ3) is 1.57. The van der Waals surface area contributed by atoms with E-state index in [4.69, 9.17) is 5.84 Å². The van der Waals surface area contributed by atoms with Gasteiger partial charge in [0.1, 0.15) is 5.82 Å². The van der Waals surface area contributed by atoms with Gasteiger partial charge in [-0.1, -0.05) is 0 Å². The third-order valence-corrected chi connectivity index (χ3v) is 3.03. The first-order valence-electron chi connectivity index (χ1n) is 4.35. The molecule has 0 saturated heterocycles. The number of halogens is 2. The molecule has 0 spiro atoms. The first kappa shape index (κ1) is 10.3. The number of hydrazine groups is 1. The third-order valence-electron chi connectivity index (χ3n) is 2.25. The Balaban J connectivity index is 2.96.